The van der Waals surface area contributed by atoms with Gasteiger partial charge in [-0.05, 0) is 31.5 Å². The van der Waals surface area contributed by atoms with Gasteiger partial charge in [-0.25, -0.2) is 0 Å². The molecule has 0 radical (unpaired) electrons. The van der Waals surface area contributed by atoms with E-state index in [-0.39, 0.29) is 24.8 Å². The second kappa shape index (κ2) is 10.5. The zero-order valence-electron chi connectivity index (χ0n) is 13.8. The van der Waals surface area contributed by atoms with Crippen LogP contribution in [0.3, 0.4) is 0 Å². The van der Waals surface area contributed by atoms with Crippen LogP contribution in [-0.2, 0) is 13.1 Å². The number of hydrogen-bond acceptors (Lipinski definition) is 6. The highest BCUT2D eigenvalue weighted by atomic mass is 35.5. The first-order valence-electron chi connectivity index (χ1n) is 7.80. The smallest absolute Gasteiger partial charge is 0.315 e. The van der Waals surface area contributed by atoms with Crippen molar-refractivity contribution in [2.45, 2.75) is 19.5 Å². The summed E-state index contributed by atoms with van der Waals surface area (Å²) in [7, 11) is 1.86. The summed E-state index contributed by atoms with van der Waals surface area (Å²) in [5, 5.41) is 14.2. The highest BCUT2D eigenvalue weighted by Crippen LogP contribution is 2.19. The molecule has 8 heteroatoms. The van der Waals surface area contributed by atoms with Gasteiger partial charge < -0.3 is 15.1 Å². The molecule has 6 nitrogen and oxygen atoms in total. The fourth-order valence-corrected chi connectivity index (χ4v) is 2.84. The molecule has 1 aromatic heterocycles. The van der Waals surface area contributed by atoms with E-state index in [2.05, 4.69) is 56.1 Å². The lowest BCUT2D eigenvalue weighted by Gasteiger charge is -2.16. The van der Waals surface area contributed by atoms with Crippen molar-refractivity contribution in [2.75, 3.05) is 32.0 Å². The third-order valence-electron chi connectivity index (χ3n) is 3.96. The molecule has 3 rings (SSSR count). The van der Waals surface area contributed by atoms with E-state index in [4.69, 9.17) is 4.42 Å². The maximum Gasteiger partial charge on any atom is 0.315 e. The van der Waals surface area contributed by atoms with Gasteiger partial charge in [-0.2, -0.15) is 0 Å². The Morgan fingerprint density at radius 1 is 1.21 bits per heavy atom. The van der Waals surface area contributed by atoms with Crippen molar-refractivity contribution in [1.29, 1.82) is 0 Å². The number of nitrogens with zero attached hydrogens (tertiary/aromatic N) is 3. The van der Waals surface area contributed by atoms with Gasteiger partial charge in [-0.15, -0.1) is 29.9 Å². The average molecular weight is 374 g/mol. The van der Waals surface area contributed by atoms with Gasteiger partial charge in [0, 0.05) is 19.6 Å². The number of hydrogen-bond donors (Lipinski definition) is 2. The Morgan fingerprint density at radius 2 is 2.00 bits per heavy atom. The second-order valence-electron chi connectivity index (χ2n) is 5.79. The molecule has 0 amide bonds. The Labute approximate surface area is 155 Å². The van der Waals surface area contributed by atoms with Crippen LogP contribution in [0.4, 0.5) is 6.01 Å². The molecule has 1 unspecified atom stereocenters. The van der Waals surface area contributed by atoms with Gasteiger partial charge in [0.25, 0.3) is 0 Å². The van der Waals surface area contributed by atoms with Crippen LogP contribution in [0.5, 0.6) is 0 Å². The molecule has 0 aliphatic carbocycles. The Balaban J connectivity index is 0.00000144. The Hall–Kier alpha value is -1.34. The van der Waals surface area contributed by atoms with Crippen LogP contribution >= 0.6 is 24.8 Å². The van der Waals surface area contributed by atoms with Gasteiger partial charge >= 0.3 is 6.01 Å². The maximum atomic E-state index is 5.50. The van der Waals surface area contributed by atoms with E-state index in [0.717, 1.165) is 26.2 Å². The Bertz CT molecular complexity index is 581. The second-order valence-corrected chi connectivity index (χ2v) is 5.79. The minimum Gasteiger partial charge on any atom is -0.407 e. The van der Waals surface area contributed by atoms with Crippen molar-refractivity contribution in [3.05, 3.63) is 41.8 Å². The predicted molar refractivity (Wildman–Crippen MR) is 99.9 cm³/mol. The van der Waals surface area contributed by atoms with E-state index in [0.29, 0.717) is 24.4 Å². The van der Waals surface area contributed by atoms with Crippen molar-refractivity contribution < 1.29 is 4.42 Å². The molecule has 2 N–H and O–H groups in total. The summed E-state index contributed by atoms with van der Waals surface area (Å²) in [6, 6.07) is 11.2. The quantitative estimate of drug-likeness (QED) is 0.777. The molecular weight excluding hydrogens is 349 g/mol. The number of nitrogens with one attached hydrogen (secondary N) is 2. The molecule has 134 valence electrons. The Kier molecular flexibility index (Phi) is 9.07. The summed E-state index contributed by atoms with van der Waals surface area (Å²) in [4.78, 5) is 2.50. The van der Waals surface area contributed by atoms with Crippen molar-refractivity contribution in [3.63, 3.8) is 0 Å². The van der Waals surface area contributed by atoms with E-state index in [1.165, 1.54) is 12.0 Å². The molecular formula is C16H25Cl2N5O. The zero-order valence-corrected chi connectivity index (χ0v) is 15.4. The lowest BCUT2D eigenvalue weighted by Crippen LogP contribution is -2.22. The molecule has 24 heavy (non-hydrogen) atoms. The molecule has 0 spiro atoms. The number of benzene rings is 1. The van der Waals surface area contributed by atoms with Crippen LogP contribution < -0.4 is 10.6 Å². The molecule has 1 saturated heterocycles. The van der Waals surface area contributed by atoms with Gasteiger partial charge in [-0.1, -0.05) is 35.4 Å². The topological polar surface area (TPSA) is 66.2 Å². The standard InChI is InChI=1S/C16H23N5O.2ClH/c1-17-10-15-19-20-16(22-15)18-9-14-7-8-21(12-14)11-13-5-3-2-4-6-13;;/h2-6,14,17H,7-12H2,1H3,(H,18,20);2*1H. The summed E-state index contributed by atoms with van der Waals surface area (Å²) < 4.78 is 5.50. The molecule has 0 saturated carbocycles. The van der Waals surface area contributed by atoms with Gasteiger partial charge in [0.1, 0.15) is 0 Å². The number of aromatic nitrogens is 2. The highest BCUT2D eigenvalue weighted by Gasteiger charge is 2.22. The normalized spacial score (nSPS) is 17.1. The first kappa shape index (κ1) is 20.7. The zero-order chi connectivity index (χ0) is 15.2. The molecule has 1 aliphatic heterocycles. The fraction of sp³-hybridized carbons (Fsp3) is 0.500. The average Bonchev–Trinajstić information content (AvgIpc) is 3.16. The lowest BCUT2D eigenvalue weighted by atomic mass is 10.1. The van der Waals surface area contributed by atoms with Crippen LogP contribution in [0.15, 0.2) is 34.7 Å². The fourth-order valence-electron chi connectivity index (χ4n) is 2.84. The van der Waals surface area contributed by atoms with Crippen molar-refractivity contribution in [2.24, 2.45) is 5.92 Å². The SMILES string of the molecule is CNCc1nnc(NCC2CCN(Cc3ccccc3)C2)o1.Cl.Cl. The van der Waals surface area contributed by atoms with E-state index in [1.807, 2.05) is 7.05 Å². The number of likely N-dealkylation sites (tertiary alicyclic amines) is 1. The molecule has 1 fully saturated rings. The summed E-state index contributed by atoms with van der Waals surface area (Å²) in [5.74, 6) is 1.24. The number of anilines is 1. The monoisotopic (exact) mass is 373 g/mol. The minimum absolute atomic E-state index is 0. The molecule has 1 aliphatic rings. The van der Waals surface area contributed by atoms with E-state index >= 15 is 0 Å². The third kappa shape index (κ3) is 5.94. The first-order chi connectivity index (χ1) is 10.8. The molecule has 2 aromatic rings. The molecule has 0 bridgehead atoms. The summed E-state index contributed by atoms with van der Waals surface area (Å²) >= 11 is 0. The highest BCUT2D eigenvalue weighted by molar-refractivity contribution is 5.85. The van der Waals surface area contributed by atoms with E-state index in [9.17, 15) is 0 Å². The molecule has 1 aromatic carbocycles. The largest absolute Gasteiger partial charge is 0.407 e. The van der Waals surface area contributed by atoms with Crippen molar-refractivity contribution >= 4 is 30.8 Å². The first-order valence-corrected chi connectivity index (χ1v) is 7.80. The molecule has 2 heterocycles. The number of halogens is 2. The van der Waals surface area contributed by atoms with Crippen LogP contribution in [0.25, 0.3) is 0 Å². The van der Waals surface area contributed by atoms with Crippen LogP contribution in [-0.4, -0.2) is 41.8 Å². The van der Waals surface area contributed by atoms with Crippen molar-refractivity contribution in [1.82, 2.24) is 20.4 Å². The van der Waals surface area contributed by atoms with Crippen LogP contribution in [0, 0.1) is 5.92 Å². The van der Waals surface area contributed by atoms with Gasteiger partial charge in [0.05, 0.1) is 6.54 Å². The van der Waals surface area contributed by atoms with E-state index < -0.39 is 0 Å². The maximum absolute atomic E-state index is 5.50. The summed E-state index contributed by atoms with van der Waals surface area (Å²) in [6.07, 6.45) is 1.21. The predicted octanol–water partition coefficient (Wildman–Crippen LogP) is 2.57. The van der Waals surface area contributed by atoms with E-state index in [1.54, 1.807) is 0 Å². The third-order valence-corrected chi connectivity index (χ3v) is 3.96. The van der Waals surface area contributed by atoms with Crippen LogP contribution in [0.1, 0.15) is 17.9 Å². The lowest BCUT2D eigenvalue weighted by molar-refractivity contribution is 0.318. The Morgan fingerprint density at radius 3 is 2.75 bits per heavy atom. The summed E-state index contributed by atoms with van der Waals surface area (Å²) in [6.45, 7) is 4.77. The molecule has 1 atom stereocenters. The van der Waals surface area contributed by atoms with Gasteiger partial charge in [-0.3, -0.25) is 4.90 Å². The summed E-state index contributed by atoms with van der Waals surface area (Å²) in [5.41, 5.74) is 1.38. The van der Waals surface area contributed by atoms with Crippen molar-refractivity contribution in [3.8, 4) is 0 Å². The van der Waals surface area contributed by atoms with Gasteiger partial charge in [0.15, 0.2) is 0 Å². The van der Waals surface area contributed by atoms with Gasteiger partial charge in [0.2, 0.25) is 5.89 Å². The number of rotatable bonds is 7. The minimum atomic E-state index is 0. The van der Waals surface area contributed by atoms with Crippen LogP contribution in [0.2, 0.25) is 0 Å².